The molecule has 0 fully saturated rings. The molecule has 1 aromatic carbocycles. The lowest BCUT2D eigenvalue weighted by Crippen LogP contribution is -2.15. The van der Waals surface area contributed by atoms with Gasteiger partial charge in [0.15, 0.2) is 17.5 Å². The molecule has 3 aromatic rings. The third kappa shape index (κ3) is 3.62. The van der Waals surface area contributed by atoms with Crippen LogP contribution in [0.1, 0.15) is 38.5 Å². The Hall–Kier alpha value is -2.91. The van der Waals surface area contributed by atoms with E-state index in [0.29, 0.717) is 5.56 Å². The molecule has 3 rings (SSSR count). The molecule has 1 atom stereocenters. The zero-order valence-corrected chi connectivity index (χ0v) is 15.0. The van der Waals surface area contributed by atoms with Gasteiger partial charge < -0.3 is 0 Å². The van der Waals surface area contributed by atoms with E-state index < -0.39 is 5.92 Å². The molecule has 0 aliphatic rings. The summed E-state index contributed by atoms with van der Waals surface area (Å²) in [4.78, 5) is 25.9. The number of benzene rings is 1. The molecule has 0 bridgehead atoms. The summed E-state index contributed by atoms with van der Waals surface area (Å²) in [7, 11) is 0. The van der Waals surface area contributed by atoms with Gasteiger partial charge >= 0.3 is 0 Å². The Labute approximate surface area is 150 Å². The van der Waals surface area contributed by atoms with E-state index in [1.165, 1.54) is 0 Å². The van der Waals surface area contributed by atoms with Crippen molar-refractivity contribution in [2.45, 2.75) is 26.7 Å². The zero-order chi connectivity index (χ0) is 18.0. The second-order valence-corrected chi connectivity index (χ2v) is 6.83. The van der Waals surface area contributed by atoms with Gasteiger partial charge in [0, 0.05) is 27.9 Å². The lowest BCUT2D eigenvalue weighted by atomic mass is 9.96. The standard InChI is InChI=1S/C19H16N4OS/c1-11-7-12(2)22-19(21-11)16(9-20)18(24)15-6-4-5-14(8-15)17-10-25-13(3)23-17/h4-8,10,16H,1-3H3. The molecule has 124 valence electrons. The Morgan fingerprint density at radius 2 is 1.84 bits per heavy atom. The van der Waals surface area contributed by atoms with E-state index in [4.69, 9.17) is 0 Å². The van der Waals surface area contributed by atoms with Crippen molar-refractivity contribution in [2.75, 3.05) is 0 Å². The summed E-state index contributed by atoms with van der Waals surface area (Å²) in [6.07, 6.45) is 0. The van der Waals surface area contributed by atoms with Crippen molar-refractivity contribution in [2.24, 2.45) is 0 Å². The van der Waals surface area contributed by atoms with Crippen molar-refractivity contribution < 1.29 is 4.79 Å². The van der Waals surface area contributed by atoms with Crippen LogP contribution in [-0.4, -0.2) is 20.7 Å². The molecule has 0 amide bonds. The first-order valence-corrected chi connectivity index (χ1v) is 8.64. The van der Waals surface area contributed by atoms with E-state index in [1.807, 2.05) is 44.4 Å². The summed E-state index contributed by atoms with van der Waals surface area (Å²) in [5, 5.41) is 12.4. The molecule has 0 aliphatic carbocycles. The Bertz CT molecular complexity index is 967. The first kappa shape index (κ1) is 16.9. The van der Waals surface area contributed by atoms with Gasteiger partial charge in [0.2, 0.25) is 0 Å². The number of aromatic nitrogens is 3. The van der Waals surface area contributed by atoms with Crippen LogP contribution in [0.2, 0.25) is 0 Å². The molecule has 0 spiro atoms. The van der Waals surface area contributed by atoms with Gasteiger partial charge in [-0.2, -0.15) is 5.26 Å². The van der Waals surface area contributed by atoms with Crippen molar-refractivity contribution in [3.63, 3.8) is 0 Å². The lowest BCUT2D eigenvalue weighted by Gasteiger charge is -2.09. The van der Waals surface area contributed by atoms with Crippen LogP contribution in [0.15, 0.2) is 35.7 Å². The van der Waals surface area contributed by atoms with Crippen LogP contribution in [0.4, 0.5) is 0 Å². The number of carbonyl (C=O) groups excluding carboxylic acids is 1. The number of nitriles is 1. The number of rotatable bonds is 4. The number of hydrogen-bond acceptors (Lipinski definition) is 6. The maximum Gasteiger partial charge on any atom is 0.187 e. The molecule has 6 heteroatoms. The van der Waals surface area contributed by atoms with Gasteiger partial charge in [-0.1, -0.05) is 18.2 Å². The predicted molar refractivity (Wildman–Crippen MR) is 96.5 cm³/mol. The van der Waals surface area contributed by atoms with Gasteiger partial charge in [-0.05, 0) is 32.9 Å². The highest BCUT2D eigenvalue weighted by molar-refractivity contribution is 7.09. The van der Waals surface area contributed by atoms with Crippen molar-refractivity contribution >= 4 is 17.1 Å². The largest absolute Gasteiger partial charge is 0.292 e. The third-order valence-corrected chi connectivity index (χ3v) is 4.48. The average molecular weight is 348 g/mol. The fraction of sp³-hybridized carbons (Fsp3) is 0.211. The maximum absolute atomic E-state index is 12.9. The Kier molecular flexibility index (Phi) is 4.68. The van der Waals surface area contributed by atoms with Crippen LogP contribution >= 0.6 is 11.3 Å². The summed E-state index contributed by atoms with van der Waals surface area (Å²) >= 11 is 1.56. The number of ketones is 1. The van der Waals surface area contributed by atoms with E-state index >= 15 is 0 Å². The first-order valence-electron chi connectivity index (χ1n) is 7.76. The molecule has 0 saturated carbocycles. The minimum Gasteiger partial charge on any atom is -0.292 e. The molecular weight excluding hydrogens is 332 g/mol. The average Bonchev–Trinajstić information content (AvgIpc) is 3.01. The van der Waals surface area contributed by atoms with Crippen LogP contribution in [0, 0.1) is 32.1 Å². The molecule has 25 heavy (non-hydrogen) atoms. The van der Waals surface area contributed by atoms with Crippen molar-refractivity contribution in [3.8, 4) is 17.3 Å². The predicted octanol–water partition coefficient (Wildman–Crippen LogP) is 4.02. The highest BCUT2D eigenvalue weighted by Crippen LogP contribution is 2.25. The van der Waals surface area contributed by atoms with E-state index in [0.717, 1.165) is 27.7 Å². The van der Waals surface area contributed by atoms with Crippen LogP contribution in [0.3, 0.4) is 0 Å². The van der Waals surface area contributed by atoms with E-state index in [-0.39, 0.29) is 11.6 Å². The molecular formula is C19H16N4OS. The summed E-state index contributed by atoms with van der Waals surface area (Å²) in [6, 6.07) is 11.0. The SMILES string of the molecule is Cc1cc(C)nc(C(C#N)C(=O)c2cccc(-c3csc(C)n3)c2)n1. The van der Waals surface area contributed by atoms with Crippen molar-refractivity contribution in [1.29, 1.82) is 5.26 Å². The summed E-state index contributed by atoms with van der Waals surface area (Å²) in [5.74, 6) is -1.08. The number of nitrogens with zero attached hydrogens (tertiary/aromatic N) is 4. The first-order chi connectivity index (χ1) is 12.0. The van der Waals surface area contributed by atoms with Gasteiger partial charge in [0.1, 0.15) is 0 Å². The molecule has 5 nitrogen and oxygen atoms in total. The van der Waals surface area contributed by atoms with Gasteiger partial charge in [-0.3, -0.25) is 4.79 Å². The molecule has 1 unspecified atom stereocenters. The third-order valence-electron chi connectivity index (χ3n) is 3.71. The van der Waals surface area contributed by atoms with Crippen molar-refractivity contribution in [3.05, 3.63) is 63.5 Å². The lowest BCUT2D eigenvalue weighted by molar-refractivity contribution is 0.0976. The highest BCUT2D eigenvalue weighted by atomic mass is 32.1. The Morgan fingerprint density at radius 1 is 1.12 bits per heavy atom. The molecule has 0 N–H and O–H groups in total. The maximum atomic E-state index is 12.9. The fourth-order valence-electron chi connectivity index (χ4n) is 2.61. The number of Topliss-reactive ketones (excluding diaryl/α,β-unsaturated/α-hetero) is 1. The van der Waals surface area contributed by atoms with E-state index in [2.05, 4.69) is 15.0 Å². The minimum atomic E-state index is -1.02. The van der Waals surface area contributed by atoms with E-state index in [9.17, 15) is 10.1 Å². The molecule has 0 radical (unpaired) electrons. The van der Waals surface area contributed by atoms with Gasteiger partial charge in [-0.15, -0.1) is 11.3 Å². The van der Waals surface area contributed by atoms with Crippen LogP contribution in [-0.2, 0) is 0 Å². The number of carbonyl (C=O) groups is 1. The minimum absolute atomic E-state index is 0.250. The number of aryl methyl sites for hydroxylation is 3. The van der Waals surface area contributed by atoms with Gasteiger partial charge in [-0.25, -0.2) is 15.0 Å². The highest BCUT2D eigenvalue weighted by Gasteiger charge is 2.25. The molecule has 0 aliphatic heterocycles. The number of hydrogen-bond donors (Lipinski definition) is 0. The van der Waals surface area contributed by atoms with Gasteiger partial charge in [0.25, 0.3) is 0 Å². The Balaban J connectivity index is 1.98. The quantitative estimate of drug-likeness (QED) is 0.665. The second-order valence-electron chi connectivity index (χ2n) is 5.77. The smallest absolute Gasteiger partial charge is 0.187 e. The van der Waals surface area contributed by atoms with E-state index in [1.54, 1.807) is 29.5 Å². The van der Waals surface area contributed by atoms with Crippen LogP contribution in [0.5, 0.6) is 0 Å². The van der Waals surface area contributed by atoms with Crippen molar-refractivity contribution in [1.82, 2.24) is 15.0 Å². The molecule has 2 aromatic heterocycles. The fourth-order valence-corrected chi connectivity index (χ4v) is 3.23. The topological polar surface area (TPSA) is 79.5 Å². The summed E-state index contributed by atoms with van der Waals surface area (Å²) < 4.78 is 0. The Morgan fingerprint density at radius 3 is 2.44 bits per heavy atom. The number of thiazole rings is 1. The van der Waals surface area contributed by atoms with Crippen LogP contribution < -0.4 is 0 Å². The summed E-state index contributed by atoms with van der Waals surface area (Å²) in [5.41, 5.74) is 3.61. The summed E-state index contributed by atoms with van der Waals surface area (Å²) in [6.45, 7) is 5.58. The van der Waals surface area contributed by atoms with Crippen LogP contribution in [0.25, 0.3) is 11.3 Å². The normalized spacial score (nSPS) is 11.8. The monoisotopic (exact) mass is 348 g/mol. The molecule has 0 saturated heterocycles. The second kappa shape index (κ2) is 6.91. The molecule has 2 heterocycles. The van der Waals surface area contributed by atoms with Gasteiger partial charge in [0.05, 0.1) is 16.8 Å². The zero-order valence-electron chi connectivity index (χ0n) is 14.1.